The van der Waals surface area contributed by atoms with Crippen molar-refractivity contribution in [1.82, 2.24) is 10.2 Å². The lowest BCUT2D eigenvalue weighted by Crippen LogP contribution is -2.43. The topological polar surface area (TPSA) is 58.4 Å². The fourth-order valence-corrected chi connectivity index (χ4v) is 3.70. The van der Waals surface area contributed by atoms with Crippen molar-refractivity contribution >= 4 is 5.91 Å². The van der Waals surface area contributed by atoms with Crippen LogP contribution in [0.2, 0.25) is 0 Å². The zero-order chi connectivity index (χ0) is 13.3. The van der Waals surface area contributed by atoms with E-state index in [1.165, 1.54) is 45.2 Å². The third kappa shape index (κ3) is 3.48. The Morgan fingerprint density at radius 3 is 2.68 bits per heavy atom. The van der Waals surface area contributed by atoms with Gasteiger partial charge in [-0.2, -0.15) is 0 Å². The van der Waals surface area contributed by atoms with E-state index in [4.69, 9.17) is 5.73 Å². The van der Waals surface area contributed by atoms with Crippen molar-refractivity contribution in [2.75, 3.05) is 19.6 Å². The minimum Gasteiger partial charge on any atom is -0.356 e. The Hall–Kier alpha value is -0.610. The van der Waals surface area contributed by atoms with E-state index in [2.05, 4.69) is 10.2 Å². The van der Waals surface area contributed by atoms with Gasteiger partial charge >= 0.3 is 0 Å². The van der Waals surface area contributed by atoms with Crippen LogP contribution in [0.1, 0.15) is 51.4 Å². The molecule has 4 heteroatoms. The van der Waals surface area contributed by atoms with Crippen LogP contribution in [-0.4, -0.2) is 42.0 Å². The second-order valence-corrected chi connectivity index (χ2v) is 6.93. The summed E-state index contributed by atoms with van der Waals surface area (Å²) >= 11 is 0. The van der Waals surface area contributed by atoms with Gasteiger partial charge in [0.25, 0.3) is 0 Å². The number of hydrogen-bond donors (Lipinski definition) is 2. The molecular weight excluding hydrogens is 238 g/mol. The summed E-state index contributed by atoms with van der Waals surface area (Å²) in [4.78, 5) is 14.6. The lowest BCUT2D eigenvalue weighted by molar-refractivity contribution is -0.122. The van der Waals surface area contributed by atoms with E-state index in [0.29, 0.717) is 12.3 Å². The van der Waals surface area contributed by atoms with Crippen molar-refractivity contribution in [1.29, 1.82) is 0 Å². The Balaban J connectivity index is 1.36. The summed E-state index contributed by atoms with van der Waals surface area (Å²) in [5.74, 6) is 0.816. The number of likely N-dealkylation sites (tertiary alicyclic amines) is 1. The van der Waals surface area contributed by atoms with E-state index in [-0.39, 0.29) is 11.4 Å². The quantitative estimate of drug-likeness (QED) is 0.786. The number of nitrogens with one attached hydrogen (secondary N) is 1. The Kier molecular flexibility index (Phi) is 3.81. The van der Waals surface area contributed by atoms with Crippen molar-refractivity contribution < 1.29 is 4.79 Å². The summed E-state index contributed by atoms with van der Waals surface area (Å²) in [5, 5.41) is 3.11. The summed E-state index contributed by atoms with van der Waals surface area (Å²) < 4.78 is 0. The van der Waals surface area contributed by atoms with Gasteiger partial charge in [-0.15, -0.1) is 0 Å². The first-order chi connectivity index (χ1) is 9.15. The third-order valence-electron chi connectivity index (χ3n) is 5.08. The highest BCUT2D eigenvalue weighted by Gasteiger charge is 2.35. The van der Waals surface area contributed by atoms with Gasteiger partial charge in [-0.3, -0.25) is 4.79 Å². The molecule has 0 aromatic heterocycles. The Morgan fingerprint density at radius 2 is 2.00 bits per heavy atom. The molecular formula is C15H27N3O. The average Bonchev–Trinajstić information content (AvgIpc) is 2.97. The molecule has 0 spiro atoms. The monoisotopic (exact) mass is 265 g/mol. The van der Waals surface area contributed by atoms with Crippen LogP contribution in [-0.2, 0) is 4.79 Å². The van der Waals surface area contributed by atoms with Gasteiger partial charge in [-0.05, 0) is 44.6 Å². The van der Waals surface area contributed by atoms with Crippen molar-refractivity contribution in [3.8, 4) is 0 Å². The van der Waals surface area contributed by atoms with E-state index in [1.807, 2.05) is 0 Å². The molecule has 0 bridgehead atoms. The number of rotatable bonds is 5. The molecule has 1 unspecified atom stereocenters. The maximum atomic E-state index is 12.0. The second-order valence-electron chi connectivity index (χ2n) is 6.93. The lowest BCUT2D eigenvalue weighted by atomic mass is 9.94. The molecule has 1 heterocycles. The highest BCUT2D eigenvalue weighted by atomic mass is 16.1. The molecule has 3 fully saturated rings. The highest BCUT2D eigenvalue weighted by Crippen LogP contribution is 2.32. The van der Waals surface area contributed by atoms with Gasteiger partial charge in [0.1, 0.15) is 0 Å². The first-order valence-corrected chi connectivity index (χ1v) is 7.94. The van der Waals surface area contributed by atoms with Crippen LogP contribution < -0.4 is 11.1 Å². The summed E-state index contributed by atoms with van der Waals surface area (Å²) in [6.45, 7) is 3.25. The largest absolute Gasteiger partial charge is 0.356 e. The van der Waals surface area contributed by atoms with Gasteiger partial charge < -0.3 is 16.0 Å². The van der Waals surface area contributed by atoms with Crippen LogP contribution in [0, 0.1) is 5.92 Å². The maximum Gasteiger partial charge on any atom is 0.221 e. The Morgan fingerprint density at radius 1 is 1.26 bits per heavy atom. The van der Waals surface area contributed by atoms with Crippen molar-refractivity contribution in [2.45, 2.75) is 62.9 Å². The molecule has 2 saturated carbocycles. The standard InChI is InChI=1S/C15H27N3O/c16-15(6-1-2-7-15)9-14(19)17-10-12-5-8-18(11-12)13-3-4-13/h12-13H,1-11,16H2,(H,17,19). The minimum atomic E-state index is -0.209. The SMILES string of the molecule is NC1(CC(=O)NCC2CCN(C3CC3)C2)CCCC1. The molecule has 4 nitrogen and oxygen atoms in total. The van der Waals surface area contributed by atoms with Gasteiger partial charge in [-0.25, -0.2) is 0 Å². The summed E-state index contributed by atoms with van der Waals surface area (Å²) in [6.07, 6.45) is 8.92. The zero-order valence-corrected chi connectivity index (χ0v) is 11.9. The van der Waals surface area contributed by atoms with Gasteiger partial charge in [0.2, 0.25) is 5.91 Å². The summed E-state index contributed by atoms with van der Waals surface area (Å²) in [6, 6.07) is 0.867. The summed E-state index contributed by atoms with van der Waals surface area (Å²) in [7, 11) is 0. The lowest BCUT2D eigenvalue weighted by Gasteiger charge is -2.23. The van der Waals surface area contributed by atoms with Crippen LogP contribution >= 0.6 is 0 Å². The molecule has 2 aliphatic carbocycles. The fraction of sp³-hybridized carbons (Fsp3) is 0.933. The maximum absolute atomic E-state index is 12.0. The molecule has 3 aliphatic rings. The van der Waals surface area contributed by atoms with Crippen molar-refractivity contribution in [3.63, 3.8) is 0 Å². The minimum absolute atomic E-state index is 0.161. The van der Waals surface area contributed by atoms with Crippen LogP contribution in [0.5, 0.6) is 0 Å². The van der Waals surface area contributed by atoms with Crippen LogP contribution in [0.3, 0.4) is 0 Å². The van der Waals surface area contributed by atoms with Crippen LogP contribution in [0.15, 0.2) is 0 Å². The first-order valence-electron chi connectivity index (χ1n) is 7.94. The van der Waals surface area contributed by atoms with E-state index < -0.39 is 0 Å². The first kappa shape index (κ1) is 13.4. The number of hydrogen-bond acceptors (Lipinski definition) is 3. The second kappa shape index (κ2) is 5.41. The predicted molar refractivity (Wildman–Crippen MR) is 75.7 cm³/mol. The fourth-order valence-electron chi connectivity index (χ4n) is 3.70. The number of amides is 1. The molecule has 1 saturated heterocycles. The van der Waals surface area contributed by atoms with Crippen molar-refractivity contribution in [3.05, 3.63) is 0 Å². The van der Waals surface area contributed by atoms with Crippen LogP contribution in [0.4, 0.5) is 0 Å². The van der Waals surface area contributed by atoms with Crippen LogP contribution in [0.25, 0.3) is 0 Å². The zero-order valence-electron chi connectivity index (χ0n) is 11.9. The normalized spacial score (nSPS) is 30.7. The van der Waals surface area contributed by atoms with E-state index in [9.17, 15) is 4.79 Å². The molecule has 3 N–H and O–H groups in total. The number of nitrogens with zero attached hydrogens (tertiary/aromatic N) is 1. The molecule has 1 aliphatic heterocycles. The highest BCUT2D eigenvalue weighted by molar-refractivity contribution is 5.77. The number of carbonyl (C=O) groups excluding carboxylic acids is 1. The van der Waals surface area contributed by atoms with E-state index >= 15 is 0 Å². The number of carbonyl (C=O) groups is 1. The molecule has 0 radical (unpaired) electrons. The van der Waals surface area contributed by atoms with Gasteiger partial charge in [0, 0.05) is 31.1 Å². The molecule has 1 amide bonds. The molecule has 3 rings (SSSR count). The Bertz CT molecular complexity index is 334. The smallest absolute Gasteiger partial charge is 0.221 e. The van der Waals surface area contributed by atoms with Crippen molar-refractivity contribution in [2.24, 2.45) is 11.7 Å². The number of nitrogens with two attached hydrogens (primary N) is 1. The van der Waals surface area contributed by atoms with E-state index in [1.54, 1.807) is 0 Å². The molecule has 1 atom stereocenters. The predicted octanol–water partition coefficient (Wildman–Crippen LogP) is 1.25. The average molecular weight is 265 g/mol. The molecule has 0 aromatic rings. The molecule has 108 valence electrons. The van der Waals surface area contributed by atoms with Gasteiger partial charge in [-0.1, -0.05) is 12.8 Å². The third-order valence-corrected chi connectivity index (χ3v) is 5.08. The van der Waals surface area contributed by atoms with Gasteiger partial charge in [0.05, 0.1) is 0 Å². The summed E-state index contributed by atoms with van der Waals surface area (Å²) in [5.41, 5.74) is 6.04. The van der Waals surface area contributed by atoms with E-state index in [0.717, 1.165) is 25.4 Å². The molecule has 19 heavy (non-hydrogen) atoms. The van der Waals surface area contributed by atoms with Gasteiger partial charge in [0.15, 0.2) is 0 Å². The molecule has 0 aromatic carbocycles. The Labute approximate surface area is 116 Å².